The fraction of sp³-hybridized carbons (Fsp3) is 0.643. The summed E-state index contributed by atoms with van der Waals surface area (Å²) in [7, 11) is 3.29. The second-order valence-corrected chi connectivity index (χ2v) is 11.6. The fourth-order valence-corrected chi connectivity index (χ4v) is 7.22. The van der Waals surface area contributed by atoms with Crippen molar-refractivity contribution < 1.29 is 19.5 Å². The van der Waals surface area contributed by atoms with Crippen LogP contribution in [0.3, 0.4) is 0 Å². The number of nitrogens with zero attached hydrogens (tertiary/aromatic N) is 2. The Morgan fingerprint density at radius 3 is 2.81 bits per heavy atom. The molecule has 4 rings (SSSR count). The summed E-state index contributed by atoms with van der Waals surface area (Å²) in [4.78, 5) is 24.5. The second kappa shape index (κ2) is 13.6. The first kappa shape index (κ1) is 27.2. The number of aliphatic carboxylic acids is 1. The summed E-state index contributed by atoms with van der Waals surface area (Å²) in [6, 6.07) is 7.83. The predicted molar refractivity (Wildman–Crippen MR) is 145 cm³/mol. The normalized spacial score (nSPS) is 22.5. The lowest BCUT2D eigenvalue weighted by molar-refractivity contribution is -0.146. The maximum absolute atomic E-state index is 12.2. The van der Waals surface area contributed by atoms with E-state index < -0.39 is 5.97 Å². The molecule has 2 heterocycles. The van der Waals surface area contributed by atoms with Gasteiger partial charge < -0.3 is 19.6 Å². The number of methoxy groups -OCH3 is 1. The fourth-order valence-electron chi connectivity index (χ4n) is 5.86. The monoisotopic (exact) mass is 515 g/mol. The molecule has 2 fully saturated rings. The molecular formula is C28H41N3O4S. The van der Waals surface area contributed by atoms with Gasteiger partial charge in [-0.25, -0.2) is 0 Å². The molecule has 0 unspecified atom stereocenters. The van der Waals surface area contributed by atoms with Crippen LogP contribution in [0, 0.1) is 11.8 Å². The van der Waals surface area contributed by atoms with E-state index in [-0.39, 0.29) is 17.9 Å². The Hall–Kier alpha value is -1.87. The van der Waals surface area contributed by atoms with Crippen LogP contribution in [0.15, 0.2) is 30.5 Å². The van der Waals surface area contributed by atoms with Gasteiger partial charge in [0.15, 0.2) is 0 Å². The number of rotatable bonds is 12. The van der Waals surface area contributed by atoms with E-state index in [1.807, 2.05) is 30.5 Å². The maximum Gasteiger partial charge on any atom is 0.308 e. The highest BCUT2D eigenvalue weighted by molar-refractivity contribution is 7.99. The number of piperidine rings is 1. The van der Waals surface area contributed by atoms with Gasteiger partial charge in [-0.05, 0) is 74.4 Å². The standard InChI is InChI=1S/C28H41N3O4S/c1-34-21-9-11-26-24(18-21)23(12-14-29-26)27(30-35-2)10-8-20-13-15-31(19-25(20)28(32)33)16-17-36-22-6-4-3-5-7-22/h9,11-12,14,18,20,22,25,27,30H,3-8,10,13,15-17,19H2,1-2H3,(H,32,33)/t20-,25+,27-/m1/s1. The van der Waals surface area contributed by atoms with Crippen molar-refractivity contribution >= 4 is 28.6 Å². The molecule has 0 radical (unpaired) electrons. The Balaban J connectivity index is 1.36. The summed E-state index contributed by atoms with van der Waals surface area (Å²) in [5.74, 6) is 1.07. The van der Waals surface area contributed by atoms with Gasteiger partial charge in [-0.1, -0.05) is 19.3 Å². The number of hydroxylamine groups is 1. The number of likely N-dealkylation sites (tertiary alicyclic amines) is 1. The van der Waals surface area contributed by atoms with Gasteiger partial charge in [-0.2, -0.15) is 17.2 Å². The summed E-state index contributed by atoms with van der Waals surface area (Å²) in [6.45, 7) is 2.64. The summed E-state index contributed by atoms with van der Waals surface area (Å²) >= 11 is 2.10. The molecule has 1 aliphatic carbocycles. The Kier molecular flexibility index (Phi) is 10.3. The van der Waals surface area contributed by atoms with Gasteiger partial charge in [0.05, 0.1) is 31.7 Å². The third-order valence-electron chi connectivity index (χ3n) is 7.91. The Morgan fingerprint density at radius 2 is 2.06 bits per heavy atom. The molecule has 7 nitrogen and oxygen atoms in total. The Bertz CT molecular complexity index is 984. The molecule has 0 spiro atoms. The molecule has 8 heteroatoms. The van der Waals surface area contributed by atoms with Gasteiger partial charge in [0.2, 0.25) is 0 Å². The van der Waals surface area contributed by atoms with Gasteiger partial charge in [-0.15, -0.1) is 0 Å². The van der Waals surface area contributed by atoms with Crippen LogP contribution in [-0.2, 0) is 9.63 Å². The van der Waals surface area contributed by atoms with Crippen molar-refractivity contribution in [2.75, 3.05) is 39.6 Å². The van der Waals surface area contributed by atoms with Gasteiger partial charge in [0.1, 0.15) is 5.75 Å². The van der Waals surface area contributed by atoms with Crippen molar-refractivity contribution in [3.63, 3.8) is 0 Å². The van der Waals surface area contributed by atoms with E-state index in [0.29, 0.717) is 6.54 Å². The van der Waals surface area contributed by atoms with Crippen LogP contribution in [0.25, 0.3) is 10.9 Å². The van der Waals surface area contributed by atoms with E-state index in [1.54, 1.807) is 14.2 Å². The molecule has 0 bridgehead atoms. The number of fused-ring (bicyclic) bond motifs is 1. The first-order valence-corrected chi connectivity index (χ1v) is 14.4. The molecule has 36 heavy (non-hydrogen) atoms. The van der Waals surface area contributed by atoms with Crippen molar-refractivity contribution in [2.24, 2.45) is 11.8 Å². The molecule has 2 N–H and O–H groups in total. The van der Waals surface area contributed by atoms with Crippen molar-refractivity contribution in [1.29, 1.82) is 0 Å². The molecule has 3 atom stereocenters. The smallest absolute Gasteiger partial charge is 0.308 e. The SMILES string of the molecule is CON[C@H](CC[C@@H]1CCN(CCSC2CCCCC2)C[C@@H]1C(=O)O)c1ccnc2ccc(OC)cc12. The van der Waals surface area contributed by atoms with Gasteiger partial charge in [-0.3, -0.25) is 9.78 Å². The van der Waals surface area contributed by atoms with Crippen molar-refractivity contribution in [3.05, 3.63) is 36.0 Å². The minimum Gasteiger partial charge on any atom is -0.497 e. The van der Waals surface area contributed by atoms with Crippen molar-refractivity contribution in [3.8, 4) is 5.75 Å². The summed E-state index contributed by atoms with van der Waals surface area (Å²) in [5, 5.41) is 11.9. The molecule has 1 saturated carbocycles. The van der Waals surface area contributed by atoms with Crippen LogP contribution in [0.4, 0.5) is 0 Å². The highest BCUT2D eigenvalue weighted by Gasteiger charge is 2.34. The number of ether oxygens (including phenoxy) is 1. The van der Waals surface area contributed by atoms with Crippen molar-refractivity contribution in [2.45, 2.75) is 62.7 Å². The molecular weight excluding hydrogens is 474 g/mol. The van der Waals surface area contributed by atoms with Crippen LogP contribution in [0.1, 0.15) is 63.0 Å². The summed E-state index contributed by atoms with van der Waals surface area (Å²) in [5.41, 5.74) is 5.14. The number of nitrogens with one attached hydrogen (secondary N) is 1. The number of carboxylic acids is 1. The molecule has 198 valence electrons. The minimum atomic E-state index is -0.667. The summed E-state index contributed by atoms with van der Waals surface area (Å²) < 4.78 is 5.43. The van der Waals surface area contributed by atoms with E-state index in [0.717, 1.165) is 65.6 Å². The number of carbonyl (C=O) groups is 1. The molecule has 1 aromatic heterocycles. The number of benzene rings is 1. The zero-order chi connectivity index (χ0) is 25.3. The van der Waals surface area contributed by atoms with Crippen LogP contribution in [0.5, 0.6) is 5.75 Å². The predicted octanol–water partition coefficient (Wildman–Crippen LogP) is 5.30. The van der Waals surface area contributed by atoms with Gasteiger partial charge in [0, 0.05) is 35.7 Å². The third-order valence-corrected chi connectivity index (χ3v) is 9.28. The topological polar surface area (TPSA) is 83.9 Å². The van der Waals surface area contributed by atoms with Gasteiger partial charge in [0.25, 0.3) is 0 Å². The van der Waals surface area contributed by atoms with E-state index in [4.69, 9.17) is 9.57 Å². The van der Waals surface area contributed by atoms with E-state index >= 15 is 0 Å². The van der Waals surface area contributed by atoms with Crippen molar-refractivity contribution in [1.82, 2.24) is 15.4 Å². The number of thioether (sulfide) groups is 1. The number of hydrogen-bond acceptors (Lipinski definition) is 7. The molecule has 2 aromatic rings. The number of aromatic nitrogens is 1. The first-order chi connectivity index (χ1) is 17.6. The largest absolute Gasteiger partial charge is 0.497 e. The Morgan fingerprint density at radius 1 is 1.22 bits per heavy atom. The van der Waals surface area contributed by atoms with E-state index in [1.165, 1.54) is 32.1 Å². The lowest BCUT2D eigenvalue weighted by atomic mass is 9.81. The zero-order valence-electron chi connectivity index (χ0n) is 21.7. The third kappa shape index (κ3) is 7.12. The minimum absolute atomic E-state index is 0.0630. The van der Waals surface area contributed by atoms with E-state index in [9.17, 15) is 9.90 Å². The maximum atomic E-state index is 12.2. The van der Waals surface area contributed by atoms with Crippen LogP contribution >= 0.6 is 11.8 Å². The van der Waals surface area contributed by atoms with Gasteiger partial charge >= 0.3 is 5.97 Å². The quantitative estimate of drug-likeness (QED) is 0.368. The molecule has 1 saturated heterocycles. The zero-order valence-corrected chi connectivity index (χ0v) is 22.5. The first-order valence-electron chi connectivity index (χ1n) is 13.4. The lowest BCUT2D eigenvalue weighted by Crippen LogP contribution is -2.45. The molecule has 1 aliphatic heterocycles. The molecule has 1 aromatic carbocycles. The average Bonchev–Trinajstić information content (AvgIpc) is 2.91. The Labute approximate surface area is 219 Å². The summed E-state index contributed by atoms with van der Waals surface area (Å²) in [6.07, 6.45) is 11.2. The molecule has 2 aliphatic rings. The number of hydrogen-bond donors (Lipinski definition) is 2. The van der Waals surface area contributed by atoms with Crippen LogP contribution < -0.4 is 10.2 Å². The highest BCUT2D eigenvalue weighted by Crippen LogP contribution is 2.34. The van der Waals surface area contributed by atoms with E-state index in [2.05, 4.69) is 27.1 Å². The number of carboxylic acid groups (broad SMARTS) is 1. The van der Waals surface area contributed by atoms with Crippen LogP contribution in [0.2, 0.25) is 0 Å². The lowest BCUT2D eigenvalue weighted by Gasteiger charge is -2.37. The molecule has 0 amide bonds. The second-order valence-electron chi connectivity index (χ2n) is 10.2. The van der Waals surface area contributed by atoms with Crippen LogP contribution in [-0.4, -0.2) is 65.8 Å². The number of pyridine rings is 1. The highest BCUT2D eigenvalue weighted by atomic mass is 32.2. The average molecular weight is 516 g/mol.